The molecule has 194 valence electrons. The highest BCUT2D eigenvalue weighted by Crippen LogP contribution is 2.67. The van der Waals surface area contributed by atoms with E-state index >= 15 is 0 Å². The third-order valence-corrected chi connectivity index (χ3v) is 12.0. The summed E-state index contributed by atoms with van der Waals surface area (Å²) in [7, 11) is -3.56. The average Bonchev–Trinajstić information content (AvgIpc) is 3.15. The normalized spacial score (nSPS) is 33.2. The number of carbonyl (C=O) groups excluding carboxylic acids is 1. The Morgan fingerprint density at radius 2 is 1.62 bits per heavy atom. The average molecular weight is 496 g/mol. The van der Waals surface area contributed by atoms with Crippen LogP contribution in [0.3, 0.4) is 0 Å². The molecule has 4 fully saturated rings. The zero-order chi connectivity index (χ0) is 24.6. The fraction of sp³-hybridized carbons (Fsp3) is 0.889. The van der Waals surface area contributed by atoms with Crippen LogP contribution in [0.1, 0.15) is 104 Å². The lowest BCUT2D eigenvalue weighted by molar-refractivity contribution is -0.166. The van der Waals surface area contributed by atoms with Gasteiger partial charge >= 0.3 is 5.97 Å². The van der Waals surface area contributed by atoms with Crippen LogP contribution in [-0.2, 0) is 19.6 Å². The molecular weight excluding hydrogens is 450 g/mol. The summed E-state index contributed by atoms with van der Waals surface area (Å²) in [5.74, 6) is -0.275. The van der Waals surface area contributed by atoms with Crippen LogP contribution in [0.2, 0.25) is 0 Å². The number of fused-ring (bicyclic) bond motifs is 2. The molecule has 0 heterocycles. The number of carbonyl (C=O) groups is 1. The third-order valence-electron chi connectivity index (χ3n) is 9.91. The Balaban J connectivity index is 1.62. The van der Waals surface area contributed by atoms with Gasteiger partial charge in [0.1, 0.15) is 6.10 Å². The summed E-state index contributed by atoms with van der Waals surface area (Å²) in [6.07, 6.45) is 13.0. The van der Waals surface area contributed by atoms with Crippen molar-refractivity contribution in [3.63, 3.8) is 0 Å². The van der Waals surface area contributed by atoms with E-state index in [1.807, 2.05) is 4.31 Å². The van der Waals surface area contributed by atoms with Gasteiger partial charge in [0, 0.05) is 23.9 Å². The summed E-state index contributed by atoms with van der Waals surface area (Å²) >= 11 is 0. The van der Waals surface area contributed by atoms with Gasteiger partial charge in [-0.1, -0.05) is 58.4 Å². The lowest BCUT2D eigenvalue weighted by Crippen LogP contribution is -2.55. The maximum absolute atomic E-state index is 14.3. The lowest BCUT2D eigenvalue weighted by Gasteiger charge is -2.46. The van der Waals surface area contributed by atoms with Crippen molar-refractivity contribution >= 4 is 16.0 Å². The van der Waals surface area contributed by atoms with Gasteiger partial charge in [-0.25, -0.2) is 13.2 Å². The van der Waals surface area contributed by atoms with Gasteiger partial charge in [0.15, 0.2) is 6.10 Å². The first-order valence-electron chi connectivity index (χ1n) is 13.6. The lowest BCUT2D eigenvalue weighted by atomic mass is 9.69. The van der Waals surface area contributed by atoms with E-state index < -0.39 is 33.6 Å². The van der Waals surface area contributed by atoms with Crippen LogP contribution < -0.4 is 0 Å². The second-order valence-corrected chi connectivity index (χ2v) is 13.9. The second-order valence-electron chi connectivity index (χ2n) is 12.0. The van der Waals surface area contributed by atoms with Crippen LogP contribution in [0.25, 0.3) is 0 Å². The molecule has 6 nitrogen and oxygen atoms in total. The number of sulfonamides is 1. The molecule has 0 spiro atoms. The topological polar surface area (TPSA) is 83.9 Å². The molecule has 4 atom stereocenters. The maximum Gasteiger partial charge on any atom is 0.335 e. The molecule has 0 aromatic rings. The fourth-order valence-electron chi connectivity index (χ4n) is 7.80. The van der Waals surface area contributed by atoms with Crippen LogP contribution >= 0.6 is 0 Å². The molecule has 34 heavy (non-hydrogen) atoms. The Hall–Kier alpha value is -0.920. The first-order valence-corrected chi connectivity index (χ1v) is 15.2. The zero-order valence-corrected chi connectivity index (χ0v) is 22.0. The number of aliphatic hydroxyl groups excluding tert-OH is 1. The zero-order valence-electron chi connectivity index (χ0n) is 21.2. The van der Waals surface area contributed by atoms with E-state index in [2.05, 4.69) is 20.4 Å². The highest BCUT2D eigenvalue weighted by molar-refractivity contribution is 7.89. The predicted octanol–water partition coefficient (Wildman–Crippen LogP) is 4.96. The Bertz CT molecular complexity index is 825. The molecule has 0 radical (unpaired) electrons. The Labute approximate surface area is 206 Å². The number of hydrogen-bond acceptors (Lipinski definition) is 5. The first kappa shape index (κ1) is 26.2. The minimum absolute atomic E-state index is 0.0476. The molecular formula is C27H45NO5S. The van der Waals surface area contributed by atoms with Gasteiger partial charge < -0.3 is 9.84 Å². The molecule has 0 aliphatic heterocycles. The number of esters is 1. The molecule has 0 aromatic carbocycles. The van der Waals surface area contributed by atoms with Crippen molar-refractivity contribution in [2.24, 2.45) is 16.7 Å². The highest BCUT2D eigenvalue weighted by atomic mass is 32.2. The van der Waals surface area contributed by atoms with Crippen LogP contribution in [-0.4, -0.2) is 53.8 Å². The first-order chi connectivity index (χ1) is 16.1. The number of ether oxygens (including phenoxy) is 1. The molecule has 4 saturated carbocycles. The van der Waals surface area contributed by atoms with Gasteiger partial charge in [-0.2, -0.15) is 4.31 Å². The molecule has 0 unspecified atom stereocenters. The van der Waals surface area contributed by atoms with Crippen molar-refractivity contribution in [2.45, 2.75) is 128 Å². The second kappa shape index (κ2) is 10.2. The van der Waals surface area contributed by atoms with E-state index in [9.17, 15) is 18.3 Å². The summed E-state index contributed by atoms with van der Waals surface area (Å²) in [5, 5.41) is 10.2. The highest BCUT2D eigenvalue weighted by Gasteiger charge is 2.67. The van der Waals surface area contributed by atoms with Crippen LogP contribution in [0.4, 0.5) is 0 Å². The van der Waals surface area contributed by atoms with E-state index in [1.165, 1.54) is 18.9 Å². The van der Waals surface area contributed by atoms with Crippen molar-refractivity contribution in [3.8, 4) is 0 Å². The minimum atomic E-state index is -3.56. The molecule has 0 saturated heterocycles. The van der Waals surface area contributed by atoms with Gasteiger partial charge in [0.2, 0.25) is 10.0 Å². The third kappa shape index (κ3) is 4.73. The number of aliphatic hydroxyl groups is 1. The summed E-state index contributed by atoms with van der Waals surface area (Å²) < 4.78 is 36.5. The van der Waals surface area contributed by atoms with E-state index in [4.69, 9.17) is 4.74 Å². The van der Waals surface area contributed by atoms with E-state index in [1.54, 1.807) is 0 Å². The van der Waals surface area contributed by atoms with Crippen LogP contribution in [0.15, 0.2) is 12.7 Å². The quantitative estimate of drug-likeness (QED) is 0.361. The molecule has 4 aliphatic carbocycles. The standard InChI is InChI=1S/C27H45NO5S/c1-4-11-23(29)25(30)33-24-18-20-16-17-27(24,26(20,2)3)19-34(31,32)28(21-12-7-5-8-13-21)22-14-9-6-10-15-22/h4,20-24,29H,1,5-19H2,2-3H3/t20-,23+,24-,27-/m1/s1. The largest absolute Gasteiger partial charge is 0.460 e. The smallest absolute Gasteiger partial charge is 0.335 e. The van der Waals surface area contributed by atoms with Gasteiger partial charge in [0.05, 0.1) is 5.75 Å². The number of nitrogens with zero attached hydrogens (tertiary/aromatic N) is 1. The molecule has 4 aliphatic rings. The maximum atomic E-state index is 14.3. The monoisotopic (exact) mass is 495 g/mol. The molecule has 0 amide bonds. The molecule has 4 rings (SSSR count). The van der Waals surface area contributed by atoms with E-state index in [0.29, 0.717) is 12.3 Å². The van der Waals surface area contributed by atoms with Crippen molar-refractivity contribution in [1.29, 1.82) is 0 Å². The van der Waals surface area contributed by atoms with Gasteiger partial charge in [-0.05, 0) is 56.3 Å². The van der Waals surface area contributed by atoms with Crippen molar-refractivity contribution in [3.05, 3.63) is 12.7 Å². The SMILES string of the molecule is C=CC[C@H](O)C(=O)O[C@@H]1C[C@H]2CC[C@]1(CS(=O)(=O)N(C1CCCCC1)C1CCCCC1)C2(C)C. The van der Waals surface area contributed by atoms with Crippen molar-refractivity contribution in [2.75, 3.05) is 5.75 Å². The summed E-state index contributed by atoms with van der Waals surface area (Å²) in [5.41, 5.74) is -0.846. The predicted molar refractivity (Wildman–Crippen MR) is 134 cm³/mol. The summed E-state index contributed by atoms with van der Waals surface area (Å²) in [6, 6.07) is 0.214. The number of hydrogen-bond donors (Lipinski definition) is 1. The molecule has 1 N–H and O–H groups in total. The Morgan fingerprint density at radius 3 is 2.12 bits per heavy atom. The molecule has 2 bridgehead atoms. The van der Waals surface area contributed by atoms with Crippen molar-refractivity contribution in [1.82, 2.24) is 4.31 Å². The summed E-state index contributed by atoms with van der Waals surface area (Å²) in [6.45, 7) is 7.93. The van der Waals surface area contributed by atoms with Crippen LogP contribution in [0, 0.1) is 16.7 Å². The molecule has 7 heteroatoms. The summed E-state index contributed by atoms with van der Waals surface area (Å²) in [4.78, 5) is 12.6. The fourth-order valence-corrected chi connectivity index (χ4v) is 10.6. The minimum Gasteiger partial charge on any atom is -0.460 e. The van der Waals surface area contributed by atoms with Gasteiger partial charge in [-0.15, -0.1) is 6.58 Å². The van der Waals surface area contributed by atoms with Gasteiger partial charge in [-0.3, -0.25) is 0 Å². The van der Waals surface area contributed by atoms with Gasteiger partial charge in [0.25, 0.3) is 0 Å². The van der Waals surface area contributed by atoms with Crippen molar-refractivity contribution < 1.29 is 23.1 Å². The van der Waals surface area contributed by atoms with E-state index in [-0.39, 0.29) is 29.7 Å². The van der Waals surface area contributed by atoms with E-state index in [0.717, 1.165) is 64.2 Å². The Kier molecular flexibility index (Phi) is 7.86. The van der Waals surface area contributed by atoms with Crippen LogP contribution in [0.5, 0.6) is 0 Å². The molecule has 0 aromatic heterocycles. The Morgan fingerprint density at radius 1 is 1.06 bits per heavy atom. The number of rotatable bonds is 9.